The maximum atomic E-state index is 15.1. The highest BCUT2D eigenvalue weighted by atomic mass is 19.1. The fourth-order valence-corrected chi connectivity index (χ4v) is 4.23. The van der Waals surface area contributed by atoms with Gasteiger partial charge in [-0.2, -0.15) is 0 Å². The number of rotatable bonds is 7. The number of anilines is 2. The maximum Gasteiger partial charge on any atom is 0.414 e. The number of aliphatic hydroxyl groups excluding tert-OH is 1. The number of nitrogens with one attached hydrogen (secondary N) is 2. The summed E-state index contributed by atoms with van der Waals surface area (Å²) in [5, 5.41) is 15.5. The summed E-state index contributed by atoms with van der Waals surface area (Å²) in [6.45, 7) is 2.69. The molecule has 2 aliphatic rings. The Morgan fingerprint density at radius 2 is 2.17 bits per heavy atom. The third-order valence-electron chi connectivity index (χ3n) is 6.01. The number of carbonyl (C=O) groups excluding carboxylic acids is 1. The van der Waals surface area contributed by atoms with Crippen LogP contribution < -0.4 is 15.5 Å². The monoisotopic (exact) mass is 475 g/mol. The van der Waals surface area contributed by atoms with Crippen molar-refractivity contribution in [1.82, 2.24) is 10.3 Å². The number of fused-ring (bicyclic) bond motifs is 1. The van der Waals surface area contributed by atoms with E-state index in [2.05, 4.69) is 20.6 Å². The van der Waals surface area contributed by atoms with Gasteiger partial charge in [-0.05, 0) is 60.0 Å². The summed E-state index contributed by atoms with van der Waals surface area (Å²) in [5.41, 5.74) is 4.63. The predicted molar refractivity (Wildman–Crippen MR) is 132 cm³/mol. The van der Waals surface area contributed by atoms with Gasteiger partial charge in [-0.3, -0.25) is 20.2 Å². The van der Waals surface area contributed by atoms with E-state index in [4.69, 9.17) is 4.74 Å². The summed E-state index contributed by atoms with van der Waals surface area (Å²) >= 11 is 0. The summed E-state index contributed by atoms with van der Waals surface area (Å²) in [5.74, 6) is 0.443. The number of carbonyl (C=O) groups is 1. The van der Waals surface area contributed by atoms with E-state index in [0.29, 0.717) is 30.8 Å². The third kappa shape index (κ3) is 5.16. The summed E-state index contributed by atoms with van der Waals surface area (Å²) in [6, 6.07) is 14.4. The molecule has 2 atom stereocenters. The molecule has 3 heterocycles. The smallest absolute Gasteiger partial charge is 0.414 e. The number of aliphatic imine (C=N–C) groups is 1. The van der Waals surface area contributed by atoms with Crippen molar-refractivity contribution in [2.45, 2.75) is 32.2 Å². The Morgan fingerprint density at radius 3 is 2.94 bits per heavy atom. The van der Waals surface area contributed by atoms with E-state index in [9.17, 15) is 9.90 Å². The SMILES string of the molecule is C[C@@H](O)NC[C@H]1CN(c2ccc(-c3ccc4c(c3)CN=C(Cc3cccnc3)N4)c(F)c2)C(=O)O1. The van der Waals surface area contributed by atoms with Gasteiger partial charge in [-0.15, -0.1) is 0 Å². The van der Waals surface area contributed by atoms with E-state index < -0.39 is 24.2 Å². The van der Waals surface area contributed by atoms with Crippen LogP contribution in [0.2, 0.25) is 0 Å². The van der Waals surface area contributed by atoms with Crippen LogP contribution in [0.4, 0.5) is 20.6 Å². The number of ether oxygens (including phenoxy) is 1. The van der Waals surface area contributed by atoms with Crippen molar-refractivity contribution >= 4 is 23.3 Å². The van der Waals surface area contributed by atoms with Gasteiger partial charge in [-0.1, -0.05) is 12.1 Å². The van der Waals surface area contributed by atoms with Crippen LogP contribution in [0.25, 0.3) is 11.1 Å². The molecule has 1 fully saturated rings. The summed E-state index contributed by atoms with van der Waals surface area (Å²) in [6.07, 6.45) is 2.58. The molecule has 1 amide bonds. The van der Waals surface area contributed by atoms with Gasteiger partial charge in [0.1, 0.15) is 24.0 Å². The van der Waals surface area contributed by atoms with Gasteiger partial charge >= 0.3 is 6.09 Å². The van der Waals surface area contributed by atoms with Gasteiger partial charge in [0.25, 0.3) is 0 Å². The molecular formula is C26H26FN5O3. The molecule has 9 heteroatoms. The zero-order chi connectivity index (χ0) is 24.4. The molecule has 2 aromatic carbocycles. The molecule has 0 radical (unpaired) electrons. The Labute approximate surface area is 202 Å². The zero-order valence-electron chi connectivity index (χ0n) is 19.2. The van der Waals surface area contributed by atoms with E-state index in [0.717, 1.165) is 28.2 Å². The first-order valence-corrected chi connectivity index (χ1v) is 11.5. The number of pyridine rings is 1. The number of hydrogen-bond acceptors (Lipinski definition) is 7. The van der Waals surface area contributed by atoms with Crippen LogP contribution >= 0.6 is 0 Å². The molecule has 3 N–H and O–H groups in total. The van der Waals surface area contributed by atoms with Gasteiger partial charge in [0, 0.05) is 36.6 Å². The van der Waals surface area contributed by atoms with Crippen LogP contribution in [0.3, 0.4) is 0 Å². The molecule has 0 spiro atoms. The lowest BCUT2D eigenvalue weighted by atomic mass is 9.99. The molecule has 5 rings (SSSR count). The molecule has 0 saturated carbocycles. The molecule has 8 nitrogen and oxygen atoms in total. The summed E-state index contributed by atoms with van der Waals surface area (Å²) in [4.78, 5) is 22.4. The number of hydrogen-bond donors (Lipinski definition) is 3. The molecule has 2 aliphatic heterocycles. The maximum absolute atomic E-state index is 15.1. The van der Waals surface area contributed by atoms with Crippen LogP contribution in [0.5, 0.6) is 0 Å². The number of amides is 1. The minimum absolute atomic E-state index is 0.279. The lowest BCUT2D eigenvalue weighted by Crippen LogP contribution is -2.35. The van der Waals surface area contributed by atoms with Crippen LogP contribution in [-0.2, 0) is 17.7 Å². The number of nitrogens with zero attached hydrogens (tertiary/aromatic N) is 3. The molecule has 0 unspecified atom stereocenters. The molecule has 180 valence electrons. The standard InChI is InChI=1S/C26H26FN5O3/c1-16(33)29-14-21-15-32(26(34)35-21)20-5-6-22(23(27)11-20)18-4-7-24-19(10-18)13-30-25(31-24)9-17-3-2-8-28-12-17/h2-8,10-12,16,21,29,33H,9,13-15H2,1H3,(H,30,31)/t16-,21+/m1/s1. The lowest BCUT2D eigenvalue weighted by molar-refractivity contribution is 0.110. The van der Waals surface area contributed by atoms with Crippen molar-refractivity contribution in [2.75, 3.05) is 23.3 Å². The Balaban J connectivity index is 1.29. The quantitative estimate of drug-likeness (QED) is 0.451. The van der Waals surface area contributed by atoms with Crippen molar-refractivity contribution in [2.24, 2.45) is 4.99 Å². The van der Waals surface area contributed by atoms with E-state index in [1.807, 2.05) is 36.5 Å². The fourth-order valence-electron chi connectivity index (χ4n) is 4.23. The Hall–Kier alpha value is -3.82. The van der Waals surface area contributed by atoms with Crippen molar-refractivity contribution in [1.29, 1.82) is 0 Å². The van der Waals surface area contributed by atoms with Crippen molar-refractivity contribution < 1.29 is 19.0 Å². The first-order chi connectivity index (χ1) is 17.0. The molecule has 3 aromatic rings. The minimum atomic E-state index is -0.704. The van der Waals surface area contributed by atoms with Crippen LogP contribution in [-0.4, -0.2) is 47.4 Å². The lowest BCUT2D eigenvalue weighted by Gasteiger charge is -2.20. The molecule has 35 heavy (non-hydrogen) atoms. The number of aliphatic hydroxyl groups is 1. The third-order valence-corrected chi connectivity index (χ3v) is 6.01. The van der Waals surface area contributed by atoms with E-state index in [1.54, 1.807) is 25.3 Å². The van der Waals surface area contributed by atoms with Crippen molar-refractivity contribution in [3.8, 4) is 11.1 Å². The summed E-state index contributed by atoms with van der Waals surface area (Å²) in [7, 11) is 0. The van der Waals surface area contributed by atoms with Crippen LogP contribution in [0.15, 0.2) is 65.9 Å². The molecule has 1 aromatic heterocycles. The van der Waals surface area contributed by atoms with Crippen molar-refractivity contribution in [3.63, 3.8) is 0 Å². The van der Waals surface area contributed by atoms with Gasteiger partial charge < -0.3 is 15.2 Å². The summed E-state index contributed by atoms with van der Waals surface area (Å²) < 4.78 is 20.4. The first kappa shape index (κ1) is 22.9. The second-order valence-electron chi connectivity index (χ2n) is 8.66. The Bertz CT molecular complexity index is 1270. The van der Waals surface area contributed by atoms with Crippen LogP contribution in [0.1, 0.15) is 18.1 Å². The van der Waals surface area contributed by atoms with E-state index in [-0.39, 0.29) is 6.54 Å². The first-order valence-electron chi connectivity index (χ1n) is 11.5. The topological polar surface area (TPSA) is 99.1 Å². The second-order valence-corrected chi connectivity index (χ2v) is 8.66. The normalized spacial score (nSPS) is 17.9. The van der Waals surface area contributed by atoms with Gasteiger partial charge in [0.15, 0.2) is 0 Å². The molecule has 0 aliphatic carbocycles. The minimum Gasteiger partial charge on any atom is -0.443 e. The number of aromatic nitrogens is 1. The van der Waals surface area contributed by atoms with Crippen LogP contribution in [0, 0.1) is 5.82 Å². The average Bonchev–Trinajstić information content (AvgIpc) is 3.23. The largest absolute Gasteiger partial charge is 0.443 e. The molecular weight excluding hydrogens is 449 g/mol. The Kier molecular flexibility index (Phi) is 6.43. The van der Waals surface area contributed by atoms with Gasteiger partial charge in [0.05, 0.1) is 18.8 Å². The van der Waals surface area contributed by atoms with Gasteiger partial charge in [0.2, 0.25) is 0 Å². The second kappa shape index (κ2) is 9.81. The number of halogens is 1. The number of benzene rings is 2. The average molecular weight is 476 g/mol. The van der Waals surface area contributed by atoms with Gasteiger partial charge in [-0.25, -0.2) is 9.18 Å². The van der Waals surface area contributed by atoms with Crippen molar-refractivity contribution in [3.05, 3.63) is 77.9 Å². The number of amidine groups is 1. The Morgan fingerprint density at radius 1 is 1.29 bits per heavy atom. The highest BCUT2D eigenvalue weighted by molar-refractivity contribution is 5.99. The molecule has 1 saturated heterocycles. The number of cyclic esters (lactones) is 1. The van der Waals surface area contributed by atoms with E-state index in [1.165, 1.54) is 11.0 Å². The predicted octanol–water partition coefficient (Wildman–Crippen LogP) is 3.71. The zero-order valence-corrected chi connectivity index (χ0v) is 19.2. The molecule has 0 bridgehead atoms. The fraction of sp³-hybridized carbons (Fsp3) is 0.269. The highest BCUT2D eigenvalue weighted by Crippen LogP contribution is 2.32. The van der Waals surface area contributed by atoms with E-state index >= 15 is 4.39 Å². The highest BCUT2D eigenvalue weighted by Gasteiger charge is 2.32.